The Balaban J connectivity index is 1.72. The Hall–Kier alpha value is -2.15. The van der Waals surface area contributed by atoms with E-state index in [1.165, 1.54) is 0 Å². The first-order chi connectivity index (χ1) is 11.6. The van der Waals surface area contributed by atoms with E-state index in [1.807, 2.05) is 13.0 Å². The standard InChI is InChI=1S/C17H27N5O2/c1-13-4-5-15(20-10-13)21-16(23)6-8-19-17(18-2)22-9-7-14(11-22)12-24-3/h4-5,10,14H,6-9,11-12H2,1-3H3,(H,18,19)(H,20,21,23). The number of hydrogen-bond acceptors (Lipinski definition) is 4. The zero-order valence-corrected chi connectivity index (χ0v) is 14.7. The second kappa shape index (κ2) is 9.22. The third kappa shape index (κ3) is 5.49. The van der Waals surface area contributed by atoms with Crippen LogP contribution in [0, 0.1) is 12.8 Å². The summed E-state index contributed by atoms with van der Waals surface area (Å²) in [6.07, 6.45) is 3.21. The van der Waals surface area contributed by atoms with E-state index in [1.54, 1.807) is 26.4 Å². The van der Waals surface area contributed by atoms with Gasteiger partial charge in [-0.2, -0.15) is 0 Å². The average molecular weight is 333 g/mol. The number of aromatic nitrogens is 1. The molecule has 0 spiro atoms. The molecule has 1 fully saturated rings. The average Bonchev–Trinajstić information content (AvgIpc) is 3.02. The number of hydrogen-bond donors (Lipinski definition) is 2. The molecule has 1 unspecified atom stereocenters. The predicted octanol–water partition coefficient (Wildman–Crippen LogP) is 1.26. The maximum absolute atomic E-state index is 12.0. The van der Waals surface area contributed by atoms with Crippen LogP contribution in [0.1, 0.15) is 18.4 Å². The maximum atomic E-state index is 12.0. The van der Waals surface area contributed by atoms with Gasteiger partial charge in [0.2, 0.25) is 5.91 Å². The SMILES string of the molecule is CN=C(NCCC(=O)Nc1ccc(C)cn1)N1CCC(COC)C1. The van der Waals surface area contributed by atoms with Crippen LogP contribution in [0.3, 0.4) is 0 Å². The monoisotopic (exact) mass is 333 g/mol. The number of guanidine groups is 1. The van der Waals surface area contributed by atoms with Crippen molar-refractivity contribution in [1.82, 2.24) is 15.2 Å². The third-order valence-electron chi connectivity index (χ3n) is 4.01. The highest BCUT2D eigenvalue weighted by Gasteiger charge is 2.24. The number of anilines is 1. The lowest BCUT2D eigenvalue weighted by Gasteiger charge is -2.21. The molecule has 7 nitrogen and oxygen atoms in total. The molecule has 2 N–H and O–H groups in total. The molecule has 1 aliphatic heterocycles. The van der Waals surface area contributed by atoms with Crippen LogP contribution in [0.15, 0.2) is 23.3 Å². The Morgan fingerprint density at radius 2 is 2.33 bits per heavy atom. The van der Waals surface area contributed by atoms with Gasteiger partial charge in [0.05, 0.1) is 6.61 Å². The van der Waals surface area contributed by atoms with Crippen molar-refractivity contribution >= 4 is 17.7 Å². The number of carbonyl (C=O) groups is 1. The molecule has 1 aliphatic rings. The van der Waals surface area contributed by atoms with Gasteiger partial charge in [-0.25, -0.2) is 4.98 Å². The van der Waals surface area contributed by atoms with Crippen molar-refractivity contribution < 1.29 is 9.53 Å². The molecule has 0 aliphatic carbocycles. The predicted molar refractivity (Wildman–Crippen MR) is 95.1 cm³/mol. The van der Waals surface area contributed by atoms with Crippen LogP contribution in [0.4, 0.5) is 5.82 Å². The van der Waals surface area contributed by atoms with E-state index in [9.17, 15) is 4.79 Å². The first-order valence-corrected chi connectivity index (χ1v) is 8.29. The minimum atomic E-state index is -0.0620. The zero-order valence-electron chi connectivity index (χ0n) is 14.7. The number of likely N-dealkylation sites (tertiary alicyclic amines) is 1. The molecule has 0 aromatic carbocycles. The van der Waals surface area contributed by atoms with Crippen molar-refractivity contribution in [3.8, 4) is 0 Å². The number of nitrogens with zero attached hydrogens (tertiary/aromatic N) is 3. The summed E-state index contributed by atoms with van der Waals surface area (Å²) in [5.41, 5.74) is 1.07. The Bertz CT molecular complexity index is 559. The van der Waals surface area contributed by atoms with Gasteiger partial charge in [0.25, 0.3) is 0 Å². The minimum Gasteiger partial charge on any atom is -0.384 e. The van der Waals surface area contributed by atoms with Crippen molar-refractivity contribution in [3.63, 3.8) is 0 Å². The van der Waals surface area contributed by atoms with E-state index in [0.717, 1.165) is 37.6 Å². The van der Waals surface area contributed by atoms with Crippen molar-refractivity contribution in [2.24, 2.45) is 10.9 Å². The molecule has 0 radical (unpaired) electrons. The molecular weight excluding hydrogens is 306 g/mol. The normalized spacial score (nSPS) is 17.9. The molecule has 1 atom stereocenters. The minimum absolute atomic E-state index is 0.0620. The van der Waals surface area contributed by atoms with Crippen molar-refractivity contribution in [3.05, 3.63) is 23.9 Å². The second-order valence-electron chi connectivity index (χ2n) is 6.05. The van der Waals surface area contributed by atoms with Crippen LogP contribution in [0.25, 0.3) is 0 Å². The van der Waals surface area contributed by atoms with Gasteiger partial charge < -0.3 is 20.3 Å². The number of aliphatic imine (C=N–C) groups is 1. The lowest BCUT2D eigenvalue weighted by atomic mass is 10.1. The molecule has 1 amide bonds. The number of rotatable bonds is 6. The molecule has 1 aromatic heterocycles. The molecule has 0 saturated carbocycles. The topological polar surface area (TPSA) is 78.8 Å². The highest BCUT2D eigenvalue weighted by molar-refractivity contribution is 5.90. The highest BCUT2D eigenvalue weighted by Crippen LogP contribution is 2.16. The Labute approximate surface area is 143 Å². The van der Waals surface area contributed by atoms with E-state index >= 15 is 0 Å². The second-order valence-corrected chi connectivity index (χ2v) is 6.05. The third-order valence-corrected chi connectivity index (χ3v) is 4.01. The van der Waals surface area contributed by atoms with E-state index in [2.05, 4.69) is 25.5 Å². The Morgan fingerprint density at radius 1 is 1.50 bits per heavy atom. The summed E-state index contributed by atoms with van der Waals surface area (Å²) in [4.78, 5) is 22.6. The van der Waals surface area contributed by atoms with Gasteiger partial charge in [0.15, 0.2) is 5.96 Å². The molecule has 24 heavy (non-hydrogen) atoms. The van der Waals surface area contributed by atoms with Gasteiger partial charge >= 0.3 is 0 Å². The summed E-state index contributed by atoms with van der Waals surface area (Å²) in [6, 6.07) is 3.73. The number of aryl methyl sites for hydroxylation is 1. The molecule has 7 heteroatoms. The van der Waals surface area contributed by atoms with Crippen LogP contribution in [0.5, 0.6) is 0 Å². The Morgan fingerprint density at radius 3 is 3.00 bits per heavy atom. The number of amides is 1. The van der Waals surface area contributed by atoms with E-state index in [-0.39, 0.29) is 5.91 Å². The van der Waals surface area contributed by atoms with Gasteiger partial charge in [-0.05, 0) is 25.0 Å². The summed E-state index contributed by atoms with van der Waals surface area (Å²) in [7, 11) is 3.50. The fourth-order valence-corrected chi connectivity index (χ4v) is 2.76. The van der Waals surface area contributed by atoms with Crippen LogP contribution in [-0.4, -0.2) is 62.1 Å². The lowest BCUT2D eigenvalue weighted by molar-refractivity contribution is -0.116. The van der Waals surface area contributed by atoms with Crippen LogP contribution in [-0.2, 0) is 9.53 Å². The molecule has 0 bridgehead atoms. The number of nitrogens with one attached hydrogen (secondary N) is 2. The van der Waals surface area contributed by atoms with Crippen LogP contribution in [0.2, 0.25) is 0 Å². The molecular formula is C17H27N5O2. The highest BCUT2D eigenvalue weighted by atomic mass is 16.5. The summed E-state index contributed by atoms with van der Waals surface area (Å²) < 4.78 is 5.22. The lowest BCUT2D eigenvalue weighted by Crippen LogP contribution is -2.41. The quantitative estimate of drug-likeness (QED) is 0.605. The van der Waals surface area contributed by atoms with Gasteiger partial charge in [-0.3, -0.25) is 9.79 Å². The largest absolute Gasteiger partial charge is 0.384 e. The van der Waals surface area contributed by atoms with Gasteiger partial charge in [0.1, 0.15) is 5.82 Å². The van der Waals surface area contributed by atoms with Gasteiger partial charge in [-0.15, -0.1) is 0 Å². The molecule has 132 valence electrons. The number of ether oxygens (including phenoxy) is 1. The number of pyridine rings is 1. The van der Waals surface area contributed by atoms with Crippen molar-refractivity contribution in [1.29, 1.82) is 0 Å². The smallest absolute Gasteiger partial charge is 0.227 e. The first kappa shape index (κ1) is 18.2. The number of methoxy groups -OCH3 is 1. The fraction of sp³-hybridized carbons (Fsp3) is 0.588. The van der Waals surface area contributed by atoms with Crippen LogP contribution >= 0.6 is 0 Å². The number of carbonyl (C=O) groups excluding carboxylic acids is 1. The Kier molecular flexibility index (Phi) is 6.99. The molecule has 1 aromatic rings. The van der Waals surface area contributed by atoms with E-state index < -0.39 is 0 Å². The van der Waals surface area contributed by atoms with Gasteiger partial charge in [-0.1, -0.05) is 6.07 Å². The van der Waals surface area contributed by atoms with E-state index in [4.69, 9.17) is 4.74 Å². The maximum Gasteiger partial charge on any atom is 0.227 e. The van der Waals surface area contributed by atoms with Crippen molar-refractivity contribution in [2.45, 2.75) is 19.8 Å². The van der Waals surface area contributed by atoms with Gasteiger partial charge in [0, 0.05) is 52.3 Å². The summed E-state index contributed by atoms with van der Waals surface area (Å²) >= 11 is 0. The summed E-state index contributed by atoms with van der Waals surface area (Å²) in [5.74, 6) is 1.91. The molecule has 2 rings (SSSR count). The summed E-state index contributed by atoms with van der Waals surface area (Å²) in [6.45, 7) is 5.18. The van der Waals surface area contributed by atoms with Crippen molar-refractivity contribution in [2.75, 3.05) is 45.7 Å². The molecule has 2 heterocycles. The van der Waals surface area contributed by atoms with Crippen LogP contribution < -0.4 is 10.6 Å². The first-order valence-electron chi connectivity index (χ1n) is 8.29. The fourth-order valence-electron chi connectivity index (χ4n) is 2.76. The van der Waals surface area contributed by atoms with E-state index in [0.29, 0.717) is 24.7 Å². The summed E-state index contributed by atoms with van der Waals surface area (Å²) in [5, 5.41) is 6.05. The molecule has 1 saturated heterocycles. The zero-order chi connectivity index (χ0) is 17.4.